The van der Waals surface area contributed by atoms with Gasteiger partial charge >= 0.3 is 6.09 Å². The summed E-state index contributed by atoms with van der Waals surface area (Å²) in [7, 11) is -3.54. The third-order valence-corrected chi connectivity index (χ3v) is 9.67. The van der Waals surface area contributed by atoms with Gasteiger partial charge in [0.25, 0.3) is 0 Å². The van der Waals surface area contributed by atoms with E-state index >= 15 is 0 Å². The molecular formula is C38H65N5O9S. The molecule has 6 N–H and O–H groups in total. The van der Waals surface area contributed by atoms with Gasteiger partial charge in [0, 0.05) is 18.7 Å². The van der Waals surface area contributed by atoms with Gasteiger partial charge in [-0.25, -0.2) is 13.2 Å². The molecule has 0 aromatic heterocycles. The molecule has 0 saturated heterocycles. The number of ether oxygens (including phenoxy) is 1. The van der Waals surface area contributed by atoms with Crippen molar-refractivity contribution in [3.8, 4) is 0 Å². The maximum absolute atomic E-state index is 13.8. The van der Waals surface area contributed by atoms with Crippen LogP contribution in [-0.2, 0) is 40.3 Å². The minimum absolute atomic E-state index is 0.00501. The van der Waals surface area contributed by atoms with E-state index in [1.54, 1.807) is 34.6 Å². The van der Waals surface area contributed by atoms with Crippen molar-refractivity contribution in [3.05, 3.63) is 35.9 Å². The standard InChI is InChI=1S/C38H65N5O9S/c1-12-25(6)32(43-37(49)52-38(8,9)10)36(48)40-28(18-19-53(11,50)51)34(46)41-29(20-23(2)3)30(44)21-26(7)33(45)42-31(24(4)5)35(47)39-22-27-16-14-13-15-17-27/h13-17,23-26,28-32,44H,12,18-22H2,1-11H3,(H,39,47)(H,40,48)(H,41,46)(H,42,45)(H,43,49)/t25-,26+,28-,29-,30-,31-,32-/m0/s1. The summed E-state index contributed by atoms with van der Waals surface area (Å²) in [4.78, 5) is 66.3. The van der Waals surface area contributed by atoms with Gasteiger partial charge in [-0.1, -0.05) is 85.2 Å². The number of amides is 5. The zero-order valence-electron chi connectivity index (χ0n) is 33.4. The summed E-state index contributed by atoms with van der Waals surface area (Å²) in [6, 6.07) is 5.28. The number of rotatable bonds is 21. The predicted octanol–water partition coefficient (Wildman–Crippen LogP) is 3.22. The molecule has 302 valence electrons. The molecule has 0 aliphatic carbocycles. The fraction of sp³-hybridized carbons (Fsp3) is 0.711. The molecule has 0 fully saturated rings. The highest BCUT2D eigenvalue weighted by Crippen LogP contribution is 2.18. The Hall–Kier alpha value is -3.72. The lowest BCUT2D eigenvalue weighted by atomic mass is 9.91. The van der Waals surface area contributed by atoms with Crippen LogP contribution in [0.15, 0.2) is 30.3 Å². The molecule has 0 unspecified atom stereocenters. The predicted molar refractivity (Wildman–Crippen MR) is 205 cm³/mol. The molecule has 0 heterocycles. The quantitative estimate of drug-likeness (QED) is 0.108. The highest BCUT2D eigenvalue weighted by Gasteiger charge is 2.34. The molecule has 1 aromatic carbocycles. The van der Waals surface area contributed by atoms with Gasteiger partial charge in [-0.3, -0.25) is 19.2 Å². The first-order chi connectivity index (χ1) is 24.4. The molecule has 0 bridgehead atoms. The van der Waals surface area contributed by atoms with Crippen molar-refractivity contribution in [1.29, 1.82) is 0 Å². The lowest BCUT2D eigenvalue weighted by molar-refractivity contribution is -0.133. The lowest BCUT2D eigenvalue weighted by Gasteiger charge is -2.31. The Morgan fingerprint density at radius 1 is 0.792 bits per heavy atom. The second-order valence-corrected chi connectivity index (χ2v) is 18.1. The van der Waals surface area contributed by atoms with Gasteiger partial charge in [-0.2, -0.15) is 0 Å². The summed E-state index contributed by atoms with van der Waals surface area (Å²) in [5, 5.41) is 25.0. The van der Waals surface area contributed by atoms with Crippen molar-refractivity contribution < 1.29 is 42.2 Å². The maximum Gasteiger partial charge on any atom is 0.408 e. The molecule has 14 nitrogen and oxygen atoms in total. The zero-order chi connectivity index (χ0) is 40.7. The molecule has 0 aliphatic heterocycles. The fourth-order valence-electron chi connectivity index (χ4n) is 5.46. The van der Waals surface area contributed by atoms with Crippen LogP contribution in [0.5, 0.6) is 0 Å². The molecule has 0 spiro atoms. The third-order valence-electron chi connectivity index (χ3n) is 8.69. The molecule has 53 heavy (non-hydrogen) atoms. The van der Waals surface area contributed by atoms with Crippen LogP contribution in [0.25, 0.3) is 0 Å². The Kier molecular flexibility index (Phi) is 19.5. The number of benzene rings is 1. The number of hydrogen-bond acceptors (Lipinski definition) is 9. The van der Waals surface area contributed by atoms with E-state index in [0.29, 0.717) is 19.4 Å². The fourth-order valence-corrected chi connectivity index (χ4v) is 6.12. The van der Waals surface area contributed by atoms with Crippen molar-refractivity contribution >= 4 is 39.6 Å². The van der Waals surface area contributed by atoms with Gasteiger partial charge in [-0.05, 0) is 63.4 Å². The third kappa shape index (κ3) is 18.7. The minimum Gasteiger partial charge on any atom is -0.444 e. The Morgan fingerprint density at radius 3 is 1.91 bits per heavy atom. The van der Waals surface area contributed by atoms with Crippen LogP contribution in [-0.4, -0.2) is 91.1 Å². The molecule has 0 aliphatic rings. The van der Waals surface area contributed by atoms with Crippen molar-refractivity contribution in [2.45, 2.75) is 137 Å². The van der Waals surface area contributed by atoms with Crippen LogP contribution >= 0.6 is 0 Å². The molecule has 15 heteroatoms. The van der Waals surface area contributed by atoms with Crippen LogP contribution in [0.3, 0.4) is 0 Å². The van der Waals surface area contributed by atoms with Crippen LogP contribution < -0.4 is 26.6 Å². The zero-order valence-corrected chi connectivity index (χ0v) is 34.3. The van der Waals surface area contributed by atoms with Gasteiger partial charge in [0.15, 0.2) is 0 Å². The second-order valence-electron chi connectivity index (χ2n) is 15.9. The number of carbonyl (C=O) groups excluding carboxylic acids is 5. The Labute approximate surface area is 316 Å². The first-order valence-electron chi connectivity index (χ1n) is 18.5. The van der Waals surface area contributed by atoms with E-state index in [4.69, 9.17) is 4.74 Å². The Balaban J connectivity index is 3.14. The van der Waals surface area contributed by atoms with E-state index in [0.717, 1.165) is 11.8 Å². The lowest BCUT2D eigenvalue weighted by Crippen LogP contribution is -2.58. The molecule has 1 rings (SSSR count). The number of aliphatic hydroxyl groups is 1. The van der Waals surface area contributed by atoms with Gasteiger partial charge in [0.1, 0.15) is 33.6 Å². The van der Waals surface area contributed by atoms with Crippen LogP contribution in [0, 0.1) is 23.7 Å². The minimum atomic E-state index is -3.54. The van der Waals surface area contributed by atoms with E-state index in [2.05, 4.69) is 26.6 Å². The van der Waals surface area contributed by atoms with Crippen molar-refractivity contribution in [3.63, 3.8) is 0 Å². The van der Waals surface area contributed by atoms with Gasteiger partial charge < -0.3 is 36.4 Å². The molecule has 0 saturated carbocycles. The van der Waals surface area contributed by atoms with Crippen molar-refractivity contribution in [2.24, 2.45) is 23.7 Å². The van der Waals surface area contributed by atoms with E-state index in [9.17, 15) is 37.5 Å². The highest BCUT2D eigenvalue weighted by atomic mass is 32.2. The van der Waals surface area contributed by atoms with Crippen molar-refractivity contribution in [2.75, 3.05) is 12.0 Å². The van der Waals surface area contributed by atoms with Gasteiger partial charge in [0.05, 0.1) is 17.9 Å². The highest BCUT2D eigenvalue weighted by molar-refractivity contribution is 7.90. The number of sulfone groups is 1. The second kappa shape index (κ2) is 21.9. The molecule has 5 amide bonds. The van der Waals surface area contributed by atoms with E-state index < -0.39 is 81.2 Å². The summed E-state index contributed by atoms with van der Waals surface area (Å²) in [6.45, 7) is 18.0. The van der Waals surface area contributed by atoms with Gasteiger partial charge in [-0.15, -0.1) is 0 Å². The number of nitrogens with one attached hydrogen (secondary N) is 5. The number of aliphatic hydroxyl groups excluding tert-OH is 1. The molecule has 1 aromatic rings. The topological polar surface area (TPSA) is 209 Å². The largest absolute Gasteiger partial charge is 0.444 e. The van der Waals surface area contributed by atoms with Crippen LogP contribution in [0.1, 0.15) is 100 Å². The summed E-state index contributed by atoms with van der Waals surface area (Å²) in [5.74, 6) is -3.97. The average molecular weight is 768 g/mol. The maximum atomic E-state index is 13.8. The summed E-state index contributed by atoms with van der Waals surface area (Å²) >= 11 is 0. The van der Waals surface area contributed by atoms with E-state index in [1.807, 2.05) is 65.0 Å². The van der Waals surface area contributed by atoms with E-state index in [1.165, 1.54) is 0 Å². The molecule has 0 radical (unpaired) electrons. The average Bonchev–Trinajstić information content (AvgIpc) is 3.04. The summed E-state index contributed by atoms with van der Waals surface area (Å²) in [5.41, 5.74) is 0.0891. The number of alkyl carbamates (subject to hydrolysis) is 1. The first kappa shape index (κ1) is 47.3. The van der Waals surface area contributed by atoms with E-state index in [-0.39, 0.29) is 36.5 Å². The van der Waals surface area contributed by atoms with Gasteiger partial charge in [0.2, 0.25) is 23.6 Å². The summed E-state index contributed by atoms with van der Waals surface area (Å²) < 4.78 is 29.6. The smallest absolute Gasteiger partial charge is 0.408 e. The monoisotopic (exact) mass is 767 g/mol. The normalized spacial score (nSPS) is 16.0. The number of carbonyl (C=O) groups is 5. The molecular weight excluding hydrogens is 703 g/mol. The van der Waals surface area contributed by atoms with Crippen LogP contribution in [0.4, 0.5) is 4.79 Å². The molecule has 7 atom stereocenters. The first-order valence-corrected chi connectivity index (χ1v) is 20.6. The van der Waals surface area contributed by atoms with Crippen molar-refractivity contribution in [1.82, 2.24) is 26.6 Å². The van der Waals surface area contributed by atoms with Crippen LogP contribution in [0.2, 0.25) is 0 Å². The Bertz CT molecular complexity index is 1450. The Morgan fingerprint density at radius 2 is 1.40 bits per heavy atom. The SMILES string of the molecule is CC[C@H](C)[C@H](NC(=O)OC(C)(C)C)C(=O)N[C@@H](CCS(C)(=O)=O)C(=O)N[C@@H](CC(C)C)[C@@H](O)C[C@@H](C)C(=O)N[C@H](C(=O)NCc1ccccc1)C(C)C. The summed E-state index contributed by atoms with van der Waals surface area (Å²) in [6.07, 6.45) is -0.526. The number of hydrogen-bond donors (Lipinski definition) is 6.